The molecule has 3 atom stereocenters. The van der Waals surface area contributed by atoms with E-state index in [1.54, 1.807) is 0 Å². The molecule has 132 valence electrons. The van der Waals surface area contributed by atoms with Gasteiger partial charge in [-0.25, -0.2) is 4.79 Å². The maximum Gasteiger partial charge on any atom is 0.317 e. The lowest BCUT2D eigenvalue weighted by molar-refractivity contribution is 0.206. The molecule has 1 heterocycles. The number of amides is 2. The first-order valence-electron chi connectivity index (χ1n) is 9.02. The van der Waals surface area contributed by atoms with Gasteiger partial charge in [-0.1, -0.05) is 31.2 Å². The number of urea groups is 1. The van der Waals surface area contributed by atoms with Crippen LogP contribution in [-0.4, -0.2) is 30.1 Å². The number of nitrogens with zero attached hydrogens (tertiary/aromatic N) is 2. The number of fused-ring (bicyclic) bond motifs is 1. The summed E-state index contributed by atoms with van der Waals surface area (Å²) in [6.07, 6.45) is 6.85. The maximum atomic E-state index is 12.4. The summed E-state index contributed by atoms with van der Waals surface area (Å²) in [6, 6.07) is 9.69. The number of nitrogens with one attached hydrogen (secondary N) is 1. The summed E-state index contributed by atoms with van der Waals surface area (Å²) in [4.78, 5) is 14.4. The summed E-state index contributed by atoms with van der Waals surface area (Å²) in [5, 5.41) is 12.0. The Morgan fingerprint density at radius 2 is 2.08 bits per heavy atom. The summed E-state index contributed by atoms with van der Waals surface area (Å²) < 4.78 is 5.63. The van der Waals surface area contributed by atoms with Crippen molar-refractivity contribution in [2.24, 2.45) is 11.8 Å². The van der Waals surface area contributed by atoms with Gasteiger partial charge in [0.15, 0.2) is 6.10 Å². The Morgan fingerprint density at radius 3 is 2.72 bits per heavy atom. The van der Waals surface area contributed by atoms with Crippen LogP contribution in [0.1, 0.15) is 31.7 Å². The van der Waals surface area contributed by atoms with Crippen molar-refractivity contribution in [1.82, 2.24) is 10.2 Å². The van der Waals surface area contributed by atoms with E-state index >= 15 is 0 Å². The third-order valence-corrected chi connectivity index (χ3v) is 5.04. The standard InChI is InChI=1S/C20H25N3O2/c1-2-18(11-21)25-19-9-5-6-15(10-19)12-22-20(24)23-13-16-7-3-4-8-17(16)14-23/h3-6,9-10,16-18H,2,7-8,12-14H2,1H3,(H,22,24)/t16-,17-,18+/m0/s1. The molecule has 5 nitrogen and oxygen atoms in total. The van der Waals surface area contributed by atoms with Gasteiger partial charge in [-0.3, -0.25) is 0 Å². The largest absolute Gasteiger partial charge is 0.476 e. The van der Waals surface area contributed by atoms with Crippen molar-refractivity contribution in [3.63, 3.8) is 0 Å². The van der Waals surface area contributed by atoms with Crippen molar-refractivity contribution >= 4 is 6.03 Å². The Bertz CT molecular complexity index is 664. The highest BCUT2D eigenvalue weighted by molar-refractivity contribution is 5.74. The van der Waals surface area contributed by atoms with Gasteiger partial charge < -0.3 is 15.0 Å². The van der Waals surface area contributed by atoms with E-state index in [1.165, 1.54) is 0 Å². The molecule has 2 aliphatic rings. The topological polar surface area (TPSA) is 65.4 Å². The van der Waals surface area contributed by atoms with Crippen LogP contribution >= 0.6 is 0 Å². The minimum Gasteiger partial charge on any atom is -0.476 e. The second-order valence-corrected chi connectivity index (χ2v) is 6.82. The number of carbonyl (C=O) groups excluding carboxylic acids is 1. The van der Waals surface area contributed by atoms with Gasteiger partial charge >= 0.3 is 6.03 Å². The maximum absolute atomic E-state index is 12.4. The van der Waals surface area contributed by atoms with Gasteiger partial charge in [0.2, 0.25) is 0 Å². The molecule has 25 heavy (non-hydrogen) atoms. The van der Waals surface area contributed by atoms with Gasteiger partial charge in [0.05, 0.1) is 0 Å². The van der Waals surface area contributed by atoms with Crippen LogP contribution in [0.15, 0.2) is 36.4 Å². The lowest BCUT2D eigenvalue weighted by Gasteiger charge is -2.17. The third-order valence-electron chi connectivity index (χ3n) is 5.04. The summed E-state index contributed by atoms with van der Waals surface area (Å²) in [7, 11) is 0. The van der Waals surface area contributed by atoms with E-state index in [9.17, 15) is 4.79 Å². The highest BCUT2D eigenvalue weighted by atomic mass is 16.5. The zero-order chi connectivity index (χ0) is 17.6. The second-order valence-electron chi connectivity index (χ2n) is 6.82. The average Bonchev–Trinajstić information content (AvgIpc) is 3.09. The van der Waals surface area contributed by atoms with Gasteiger partial charge in [0.25, 0.3) is 0 Å². The molecule has 0 spiro atoms. The fourth-order valence-corrected chi connectivity index (χ4v) is 3.56. The summed E-state index contributed by atoms with van der Waals surface area (Å²) in [5.41, 5.74) is 0.969. The van der Waals surface area contributed by atoms with Crippen LogP contribution in [0.5, 0.6) is 5.75 Å². The van der Waals surface area contributed by atoms with E-state index in [0.29, 0.717) is 30.6 Å². The monoisotopic (exact) mass is 339 g/mol. The zero-order valence-electron chi connectivity index (χ0n) is 14.6. The molecule has 0 aromatic heterocycles. The first kappa shape index (κ1) is 17.3. The van der Waals surface area contributed by atoms with Gasteiger partial charge in [-0.05, 0) is 48.8 Å². The predicted molar refractivity (Wildman–Crippen MR) is 95.9 cm³/mol. The van der Waals surface area contributed by atoms with Crippen molar-refractivity contribution in [2.75, 3.05) is 13.1 Å². The highest BCUT2D eigenvalue weighted by Crippen LogP contribution is 2.32. The van der Waals surface area contributed by atoms with E-state index in [1.807, 2.05) is 36.1 Å². The molecule has 1 saturated heterocycles. The second kappa shape index (κ2) is 8.06. The van der Waals surface area contributed by atoms with Crippen molar-refractivity contribution in [2.45, 2.75) is 38.8 Å². The van der Waals surface area contributed by atoms with Crippen molar-refractivity contribution < 1.29 is 9.53 Å². The number of hydrogen-bond acceptors (Lipinski definition) is 3. The number of ether oxygens (including phenoxy) is 1. The van der Waals surface area contributed by atoms with E-state index in [0.717, 1.165) is 31.5 Å². The van der Waals surface area contributed by atoms with E-state index < -0.39 is 6.10 Å². The molecule has 1 aromatic rings. The molecular weight excluding hydrogens is 314 g/mol. The molecular formula is C20H25N3O2. The van der Waals surface area contributed by atoms with Crippen LogP contribution in [0.3, 0.4) is 0 Å². The van der Waals surface area contributed by atoms with E-state index in [-0.39, 0.29) is 6.03 Å². The Hall–Kier alpha value is -2.48. The van der Waals surface area contributed by atoms with Gasteiger partial charge in [-0.15, -0.1) is 0 Å². The van der Waals surface area contributed by atoms with Crippen LogP contribution in [0.25, 0.3) is 0 Å². The Morgan fingerprint density at radius 1 is 1.36 bits per heavy atom. The normalized spacial score (nSPS) is 22.8. The molecule has 1 aromatic carbocycles. The number of rotatable bonds is 5. The average molecular weight is 339 g/mol. The molecule has 5 heteroatoms. The molecule has 2 amide bonds. The lowest BCUT2D eigenvalue weighted by atomic mass is 9.86. The zero-order valence-corrected chi connectivity index (χ0v) is 14.6. The Labute approximate surface area is 149 Å². The van der Waals surface area contributed by atoms with E-state index in [2.05, 4.69) is 23.5 Å². The minimum atomic E-state index is -0.439. The molecule has 0 saturated carbocycles. The summed E-state index contributed by atoms with van der Waals surface area (Å²) in [5.74, 6) is 1.90. The Kier molecular flexibility index (Phi) is 5.60. The summed E-state index contributed by atoms with van der Waals surface area (Å²) >= 11 is 0. The lowest BCUT2D eigenvalue weighted by Crippen LogP contribution is -2.38. The molecule has 1 fully saturated rings. The predicted octanol–water partition coefficient (Wildman–Crippen LogP) is 3.48. The molecule has 1 aliphatic heterocycles. The Balaban J connectivity index is 1.52. The number of hydrogen-bond donors (Lipinski definition) is 1. The minimum absolute atomic E-state index is 0.00387. The first-order chi connectivity index (χ1) is 12.2. The van der Waals surface area contributed by atoms with Crippen LogP contribution in [0, 0.1) is 23.2 Å². The summed E-state index contributed by atoms with van der Waals surface area (Å²) in [6.45, 7) is 4.08. The quantitative estimate of drug-likeness (QED) is 0.835. The van der Waals surface area contributed by atoms with Crippen LogP contribution in [0.2, 0.25) is 0 Å². The van der Waals surface area contributed by atoms with Crippen molar-refractivity contribution in [3.8, 4) is 11.8 Å². The SMILES string of the molecule is CC[C@H](C#N)Oc1cccc(CNC(=O)N2C[C@@H]3CC=CC[C@H]3C2)c1. The fourth-order valence-electron chi connectivity index (χ4n) is 3.56. The van der Waals surface area contributed by atoms with Crippen LogP contribution in [0.4, 0.5) is 4.79 Å². The number of carbonyl (C=O) groups is 1. The fraction of sp³-hybridized carbons (Fsp3) is 0.500. The highest BCUT2D eigenvalue weighted by Gasteiger charge is 2.34. The number of allylic oxidation sites excluding steroid dienone is 2. The van der Waals surface area contributed by atoms with Gasteiger partial charge in [-0.2, -0.15) is 5.26 Å². The van der Waals surface area contributed by atoms with Gasteiger partial charge in [0.1, 0.15) is 11.8 Å². The molecule has 0 bridgehead atoms. The van der Waals surface area contributed by atoms with Crippen LogP contribution < -0.4 is 10.1 Å². The number of likely N-dealkylation sites (tertiary alicyclic amines) is 1. The molecule has 1 aliphatic carbocycles. The molecule has 0 radical (unpaired) electrons. The van der Waals surface area contributed by atoms with Gasteiger partial charge in [0, 0.05) is 19.6 Å². The smallest absolute Gasteiger partial charge is 0.317 e. The first-order valence-corrected chi connectivity index (χ1v) is 9.02. The number of nitriles is 1. The molecule has 3 rings (SSSR count). The third kappa shape index (κ3) is 4.33. The van der Waals surface area contributed by atoms with Crippen LogP contribution in [-0.2, 0) is 6.54 Å². The van der Waals surface area contributed by atoms with Crippen molar-refractivity contribution in [1.29, 1.82) is 5.26 Å². The van der Waals surface area contributed by atoms with E-state index in [4.69, 9.17) is 10.00 Å². The molecule has 0 unspecified atom stereocenters. The number of benzene rings is 1. The van der Waals surface area contributed by atoms with Crippen molar-refractivity contribution in [3.05, 3.63) is 42.0 Å². The molecule has 1 N–H and O–H groups in total.